The number of halogens is 1. The lowest BCUT2D eigenvalue weighted by Gasteiger charge is -1.93. The molecule has 0 radical (unpaired) electrons. The molecule has 3 aromatic rings. The van der Waals surface area contributed by atoms with Crippen LogP contribution in [0.15, 0.2) is 44.1 Å². The van der Waals surface area contributed by atoms with Crippen molar-refractivity contribution in [2.75, 3.05) is 0 Å². The number of nitrogens with zero attached hydrogens (tertiary/aromatic N) is 1. The summed E-state index contributed by atoms with van der Waals surface area (Å²) in [6.07, 6.45) is 1.53. The number of aromatic nitrogens is 2. The van der Waals surface area contributed by atoms with E-state index >= 15 is 0 Å². The maximum absolute atomic E-state index is 11.0. The van der Waals surface area contributed by atoms with Gasteiger partial charge in [-0.3, -0.25) is 4.79 Å². The number of fused-ring (bicyclic) bond motifs is 1. The normalized spacial score (nSPS) is 10.9. The Balaban J connectivity index is 2.22. The Hall–Kier alpha value is -2.08. The van der Waals surface area contributed by atoms with Crippen LogP contribution in [0.5, 0.6) is 5.75 Å². The maximum atomic E-state index is 11.0. The number of H-pyrrole nitrogens is 1. The second kappa shape index (κ2) is 3.99. The molecule has 0 saturated carbocycles. The molecule has 0 fully saturated rings. The monoisotopic (exact) mass is 306 g/mol. The third-order valence-corrected chi connectivity index (χ3v) is 3.05. The van der Waals surface area contributed by atoms with Crippen molar-refractivity contribution < 1.29 is 9.52 Å². The van der Waals surface area contributed by atoms with Gasteiger partial charge < -0.3 is 14.5 Å². The highest BCUT2D eigenvalue weighted by Crippen LogP contribution is 2.32. The van der Waals surface area contributed by atoms with Gasteiger partial charge in [0.05, 0.1) is 10.0 Å². The lowest BCUT2D eigenvalue weighted by molar-refractivity contribution is 0.475. The van der Waals surface area contributed by atoms with Crippen molar-refractivity contribution in [3.8, 4) is 17.2 Å². The molecule has 3 rings (SSSR count). The number of oxazole rings is 1. The fourth-order valence-electron chi connectivity index (χ4n) is 1.65. The van der Waals surface area contributed by atoms with Gasteiger partial charge in [0.15, 0.2) is 5.58 Å². The molecule has 2 aromatic heterocycles. The Morgan fingerprint density at radius 2 is 2.17 bits per heavy atom. The first-order valence-electron chi connectivity index (χ1n) is 5.11. The van der Waals surface area contributed by atoms with E-state index in [9.17, 15) is 9.90 Å². The summed E-state index contributed by atoms with van der Waals surface area (Å²) in [4.78, 5) is 17.8. The largest absolute Gasteiger partial charge is 0.508 e. The van der Waals surface area contributed by atoms with Gasteiger partial charge in [0.2, 0.25) is 11.4 Å². The lowest BCUT2D eigenvalue weighted by atomic mass is 10.3. The van der Waals surface area contributed by atoms with E-state index in [1.54, 1.807) is 6.07 Å². The Labute approximate surface area is 109 Å². The van der Waals surface area contributed by atoms with Gasteiger partial charge in [-0.25, -0.2) is 4.98 Å². The maximum Gasteiger partial charge on any atom is 0.247 e. The summed E-state index contributed by atoms with van der Waals surface area (Å²) in [6.45, 7) is 0. The molecule has 90 valence electrons. The van der Waals surface area contributed by atoms with Crippen LogP contribution >= 0.6 is 15.9 Å². The molecule has 0 atom stereocenters. The molecule has 0 spiro atoms. The lowest BCUT2D eigenvalue weighted by Crippen LogP contribution is -2.01. The Kier molecular flexibility index (Phi) is 2.45. The van der Waals surface area contributed by atoms with Crippen LogP contribution in [0.25, 0.3) is 22.6 Å². The van der Waals surface area contributed by atoms with Crippen LogP contribution in [-0.2, 0) is 0 Å². The smallest absolute Gasteiger partial charge is 0.247 e. The van der Waals surface area contributed by atoms with Gasteiger partial charge >= 0.3 is 0 Å². The first kappa shape index (κ1) is 11.0. The average Bonchev–Trinajstić information content (AvgIpc) is 2.74. The number of hydrogen-bond acceptors (Lipinski definition) is 4. The molecule has 0 unspecified atom stereocenters. The summed E-state index contributed by atoms with van der Waals surface area (Å²) in [7, 11) is 0. The standard InChI is InChI=1S/C12H7BrN2O3/c13-8-3-7(16)4-9-11(8)18-12(15-9)6-1-2-10(17)14-5-6/h1-5,16H,(H,14,17). The van der Waals surface area contributed by atoms with E-state index in [0.29, 0.717) is 27.0 Å². The van der Waals surface area contributed by atoms with Crippen LogP contribution in [0.2, 0.25) is 0 Å². The predicted octanol–water partition coefficient (Wildman–Crippen LogP) is 2.65. The van der Waals surface area contributed by atoms with Gasteiger partial charge in [-0.05, 0) is 28.1 Å². The summed E-state index contributed by atoms with van der Waals surface area (Å²) in [5.74, 6) is 0.489. The van der Waals surface area contributed by atoms with E-state index in [-0.39, 0.29) is 11.3 Å². The minimum absolute atomic E-state index is 0.107. The van der Waals surface area contributed by atoms with Gasteiger partial charge in [-0.1, -0.05) is 0 Å². The molecular formula is C12H7BrN2O3. The van der Waals surface area contributed by atoms with Crippen molar-refractivity contribution in [2.45, 2.75) is 0 Å². The first-order valence-corrected chi connectivity index (χ1v) is 5.91. The first-order chi connectivity index (χ1) is 8.63. The molecule has 1 aromatic carbocycles. The number of hydrogen-bond donors (Lipinski definition) is 2. The number of aromatic amines is 1. The molecule has 18 heavy (non-hydrogen) atoms. The molecule has 0 aliphatic heterocycles. The van der Waals surface area contributed by atoms with Crippen LogP contribution in [0.4, 0.5) is 0 Å². The molecule has 0 saturated heterocycles. The number of nitrogens with one attached hydrogen (secondary N) is 1. The number of aromatic hydroxyl groups is 1. The van der Waals surface area contributed by atoms with Crippen LogP contribution < -0.4 is 5.56 Å². The number of benzene rings is 1. The van der Waals surface area contributed by atoms with Crippen LogP contribution in [0.3, 0.4) is 0 Å². The second-order valence-electron chi connectivity index (χ2n) is 3.74. The number of phenols is 1. The average molecular weight is 307 g/mol. The minimum atomic E-state index is -0.186. The highest BCUT2D eigenvalue weighted by atomic mass is 79.9. The van der Waals surface area contributed by atoms with E-state index in [4.69, 9.17) is 4.42 Å². The molecule has 6 heteroatoms. The fraction of sp³-hybridized carbons (Fsp3) is 0. The number of phenolic OH excluding ortho intramolecular Hbond substituents is 1. The molecule has 2 N–H and O–H groups in total. The summed E-state index contributed by atoms with van der Waals surface area (Å²) in [5.41, 5.74) is 1.57. The third kappa shape index (κ3) is 1.80. The molecule has 0 amide bonds. The fourth-order valence-corrected chi connectivity index (χ4v) is 2.16. The van der Waals surface area contributed by atoms with E-state index in [0.717, 1.165) is 0 Å². The van der Waals surface area contributed by atoms with E-state index in [1.807, 2.05) is 0 Å². The molecule has 0 aliphatic carbocycles. The quantitative estimate of drug-likeness (QED) is 0.724. The predicted molar refractivity (Wildman–Crippen MR) is 69.4 cm³/mol. The third-order valence-electron chi connectivity index (χ3n) is 2.46. The Morgan fingerprint density at radius 3 is 2.89 bits per heavy atom. The van der Waals surface area contributed by atoms with E-state index in [2.05, 4.69) is 25.9 Å². The van der Waals surface area contributed by atoms with Crippen molar-refractivity contribution in [1.29, 1.82) is 0 Å². The zero-order valence-electron chi connectivity index (χ0n) is 8.98. The topological polar surface area (TPSA) is 79.1 Å². The zero-order chi connectivity index (χ0) is 12.7. The summed E-state index contributed by atoms with van der Waals surface area (Å²) in [5, 5.41) is 9.47. The molecule has 5 nitrogen and oxygen atoms in total. The summed E-state index contributed by atoms with van der Waals surface area (Å²) >= 11 is 3.29. The molecule has 0 bridgehead atoms. The number of pyridine rings is 1. The van der Waals surface area contributed by atoms with Crippen molar-refractivity contribution in [3.63, 3.8) is 0 Å². The van der Waals surface area contributed by atoms with E-state index in [1.165, 1.54) is 24.4 Å². The molecule has 0 aliphatic rings. The van der Waals surface area contributed by atoms with Gasteiger partial charge in [-0.2, -0.15) is 0 Å². The Bertz CT molecular complexity index is 771. The highest BCUT2D eigenvalue weighted by Gasteiger charge is 2.12. The van der Waals surface area contributed by atoms with Crippen LogP contribution in [0, 0.1) is 0 Å². The molecular weight excluding hydrogens is 300 g/mol. The number of rotatable bonds is 1. The SMILES string of the molecule is O=c1ccc(-c2nc3cc(O)cc(Br)c3o2)c[nH]1. The van der Waals surface area contributed by atoms with Gasteiger partial charge in [0.1, 0.15) is 11.3 Å². The highest BCUT2D eigenvalue weighted by molar-refractivity contribution is 9.10. The van der Waals surface area contributed by atoms with Gasteiger partial charge in [0.25, 0.3) is 0 Å². The van der Waals surface area contributed by atoms with Crippen molar-refractivity contribution >= 4 is 27.0 Å². The van der Waals surface area contributed by atoms with Crippen LogP contribution in [0.1, 0.15) is 0 Å². The van der Waals surface area contributed by atoms with Crippen molar-refractivity contribution in [2.24, 2.45) is 0 Å². The van der Waals surface area contributed by atoms with Gasteiger partial charge in [-0.15, -0.1) is 0 Å². The second-order valence-corrected chi connectivity index (χ2v) is 4.59. The van der Waals surface area contributed by atoms with E-state index < -0.39 is 0 Å². The van der Waals surface area contributed by atoms with Crippen molar-refractivity contribution in [3.05, 3.63) is 45.3 Å². The van der Waals surface area contributed by atoms with Gasteiger partial charge in [0, 0.05) is 18.3 Å². The van der Waals surface area contributed by atoms with Crippen molar-refractivity contribution in [1.82, 2.24) is 9.97 Å². The molecule has 2 heterocycles. The summed E-state index contributed by atoms with van der Waals surface area (Å²) in [6, 6.07) is 6.07. The Morgan fingerprint density at radius 1 is 1.33 bits per heavy atom. The summed E-state index contributed by atoms with van der Waals surface area (Å²) < 4.78 is 6.21. The minimum Gasteiger partial charge on any atom is -0.508 e. The van der Waals surface area contributed by atoms with Crippen LogP contribution in [-0.4, -0.2) is 15.1 Å². The zero-order valence-corrected chi connectivity index (χ0v) is 10.6.